The van der Waals surface area contributed by atoms with E-state index in [4.69, 9.17) is 10.5 Å². The molecule has 1 unspecified atom stereocenters. The first kappa shape index (κ1) is 32.0. The molecule has 12 nitrogen and oxygen atoms in total. The van der Waals surface area contributed by atoms with Crippen molar-refractivity contribution in [1.82, 2.24) is 19.8 Å². The molecule has 1 saturated heterocycles. The van der Waals surface area contributed by atoms with Crippen LogP contribution in [0.2, 0.25) is 0 Å². The van der Waals surface area contributed by atoms with Gasteiger partial charge >= 0.3 is 6.09 Å². The van der Waals surface area contributed by atoms with E-state index in [0.717, 1.165) is 4.90 Å². The number of ether oxygens (including phenoxy) is 1. The van der Waals surface area contributed by atoms with E-state index in [0.29, 0.717) is 24.0 Å². The number of alkyl halides is 2. The van der Waals surface area contributed by atoms with Crippen molar-refractivity contribution in [2.24, 2.45) is 17.1 Å². The van der Waals surface area contributed by atoms with Crippen LogP contribution in [-0.2, 0) is 42.2 Å². The molecule has 1 aromatic rings. The molecule has 2 saturated carbocycles. The minimum atomic E-state index is -4.10. The monoisotopic (exact) mass is 643 g/mol. The van der Waals surface area contributed by atoms with Crippen LogP contribution >= 0.6 is 0 Å². The van der Waals surface area contributed by atoms with Crippen LogP contribution in [-0.4, -0.2) is 84.0 Å². The number of rotatable bonds is 8. The summed E-state index contributed by atoms with van der Waals surface area (Å²) in [5.74, 6) is -5.03. The number of amides is 4. The summed E-state index contributed by atoms with van der Waals surface area (Å²) in [4.78, 5) is 55.5. The Labute approximate surface area is 252 Å². The maximum atomic E-state index is 14.2. The lowest BCUT2D eigenvalue weighted by molar-refractivity contribution is -0.142. The molecule has 2 aliphatic carbocycles. The number of likely N-dealkylation sites (tertiary alicyclic amines) is 1. The second-order valence-corrected chi connectivity index (χ2v) is 15.1. The van der Waals surface area contributed by atoms with Crippen molar-refractivity contribution in [2.75, 3.05) is 6.54 Å². The third kappa shape index (κ3) is 6.10. The van der Waals surface area contributed by atoms with E-state index >= 15 is 0 Å². The summed E-state index contributed by atoms with van der Waals surface area (Å²) in [7, 11) is -4.10. The maximum Gasteiger partial charge on any atom is 0.410 e. The molecule has 4 amide bonds. The zero-order valence-corrected chi connectivity index (χ0v) is 25.3. The molecular formula is C28H36F3N5O7S. The Morgan fingerprint density at radius 2 is 1.82 bits per heavy atom. The van der Waals surface area contributed by atoms with Gasteiger partial charge in [0.05, 0.1) is 30.3 Å². The van der Waals surface area contributed by atoms with Gasteiger partial charge < -0.3 is 20.7 Å². The van der Waals surface area contributed by atoms with Gasteiger partial charge in [-0.2, -0.15) is 0 Å². The molecule has 4 aliphatic rings. The number of sulfonamides is 1. The number of nitrogens with one attached hydrogen (secondary N) is 2. The fraction of sp³-hybridized carbons (Fsp3) is 0.643. The number of hydrogen-bond donors (Lipinski definition) is 3. The SMILES string of the molecule is CC(C)(C)[C@H](N)C(=O)N1C[C@H](OC(=O)N2Cc3cccc(F)c3C2)CC1C(=O)N[C@@]1(C(=O)NS(=O)(=O)C2CC2)C[C@H]1C(F)F. The molecule has 0 spiro atoms. The lowest BCUT2D eigenvalue weighted by Gasteiger charge is -2.33. The fourth-order valence-electron chi connectivity index (χ4n) is 5.69. The highest BCUT2D eigenvalue weighted by Crippen LogP contribution is 2.48. The Kier molecular flexibility index (Phi) is 8.14. The molecule has 5 atom stereocenters. The number of nitrogens with two attached hydrogens (primary N) is 1. The standard InChI is InChI=1S/C28H36F3N5O7S/c1-27(2,3)21(32)24(38)36-12-15(43-26(40)35-11-14-5-4-6-19(29)17(14)13-35)9-20(36)23(37)33-28(10-18(28)22(30)31)25(39)34-44(41,42)16-7-8-16/h4-6,15-16,18,20-22H,7-13,32H2,1-3H3,(H,33,37)(H,34,39)/t15-,18+,20?,21-,28+/m1/s1. The van der Waals surface area contributed by atoms with Crippen LogP contribution in [0, 0.1) is 17.2 Å². The molecular weight excluding hydrogens is 607 g/mol. The number of nitrogens with zero attached hydrogens (tertiary/aromatic N) is 2. The van der Waals surface area contributed by atoms with E-state index in [-0.39, 0.29) is 26.1 Å². The van der Waals surface area contributed by atoms with Crippen LogP contribution < -0.4 is 15.8 Å². The van der Waals surface area contributed by atoms with Gasteiger partial charge in [-0.1, -0.05) is 32.9 Å². The molecule has 1 aromatic carbocycles. The minimum Gasteiger partial charge on any atom is -0.444 e. The highest BCUT2D eigenvalue weighted by molar-refractivity contribution is 7.91. The van der Waals surface area contributed by atoms with Gasteiger partial charge in [0.15, 0.2) is 0 Å². The van der Waals surface area contributed by atoms with Crippen molar-refractivity contribution in [1.29, 1.82) is 0 Å². The van der Waals surface area contributed by atoms with Crippen molar-refractivity contribution in [2.45, 2.75) is 94.9 Å². The van der Waals surface area contributed by atoms with Crippen molar-refractivity contribution >= 4 is 33.8 Å². The van der Waals surface area contributed by atoms with Crippen LogP contribution in [0.3, 0.4) is 0 Å². The second kappa shape index (κ2) is 11.2. The molecule has 44 heavy (non-hydrogen) atoms. The molecule has 4 N–H and O–H groups in total. The smallest absolute Gasteiger partial charge is 0.410 e. The predicted molar refractivity (Wildman–Crippen MR) is 149 cm³/mol. The molecule has 242 valence electrons. The van der Waals surface area contributed by atoms with E-state index < -0.39 is 92.8 Å². The lowest BCUT2D eigenvalue weighted by atomic mass is 9.86. The molecule has 16 heteroatoms. The Bertz CT molecular complexity index is 1480. The summed E-state index contributed by atoms with van der Waals surface area (Å²) in [5, 5.41) is 1.50. The Morgan fingerprint density at radius 3 is 2.39 bits per heavy atom. The van der Waals surface area contributed by atoms with Gasteiger partial charge in [-0.15, -0.1) is 0 Å². The third-order valence-electron chi connectivity index (χ3n) is 8.77. The Morgan fingerprint density at radius 1 is 1.14 bits per heavy atom. The zero-order chi connectivity index (χ0) is 32.4. The summed E-state index contributed by atoms with van der Waals surface area (Å²) in [6.07, 6.45) is -4.96. The molecule has 2 aliphatic heterocycles. The van der Waals surface area contributed by atoms with Crippen LogP contribution in [0.25, 0.3) is 0 Å². The molecule has 2 heterocycles. The van der Waals surface area contributed by atoms with Gasteiger partial charge in [0.25, 0.3) is 5.91 Å². The summed E-state index contributed by atoms with van der Waals surface area (Å²) >= 11 is 0. The first-order chi connectivity index (χ1) is 20.4. The van der Waals surface area contributed by atoms with E-state index in [2.05, 4.69) is 5.32 Å². The van der Waals surface area contributed by atoms with Crippen LogP contribution in [0.5, 0.6) is 0 Å². The number of fused-ring (bicyclic) bond motifs is 1. The zero-order valence-electron chi connectivity index (χ0n) is 24.5. The maximum absolute atomic E-state index is 14.2. The molecule has 0 aromatic heterocycles. The summed E-state index contributed by atoms with van der Waals surface area (Å²) in [6.45, 7) is 4.93. The van der Waals surface area contributed by atoms with Crippen LogP contribution in [0.4, 0.5) is 18.0 Å². The van der Waals surface area contributed by atoms with Crippen molar-refractivity contribution in [3.63, 3.8) is 0 Å². The predicted octanol–water partition coefficient (Wildman–Crippen LogP) is 1.37. The molecule has 3 fully saturated rings. The average Bonchev–Trinajstić information content (AvgIpc) is 3.83. The highest BCUT2D eigenvalue weighted by Gasteiger charge is 2.66. The van der Waals surface area contributed by atoms with Gasteiger partial charge in [-0.3, -0.25) is 24.0 Å². The fourth-order valence-corrected chi connectivity index (χ4v) is 7.05. The van der Waals surface area contributed by atoms with E-state index in [1.807, 2.05) is 4.72 Å². The quantitative estimate of drug-likeness (QED) is 0.382. The molecule has 0 bridgehead atoms. The summed E-state index contributed by atoms with van der Waals surface area (Å²) in [5.41, 5.74) is 4.22. The van der Waals surface area contributed by atoms with E-state index in [9.17, 15) is 40.8 Å². The van der Waals surface area contributed by atoms with Crippen molar-refractivity contribution in [3.05, 3.63) is 35.1 Å². The van der Waals surface area contributed by atoms with Gasteiger partial charge in [0.1, 0.15) is 23.5 Å². The second-order valence-electron chi connectivity index (χ2n) is 13.1. The van der Waals surface area contributed by atoms with Gasteiger partial charge in [-0.05, 0) is 36.3 Å². The van der Waals surface area contributed by atoms with Crippen LogP contribution in [0.15, 0.2) is 18.2 Å². The Hall–Kier alpha value is -3.40. The average molecular weight is 644 g/mol. The van der Waals surface area contributed by atoms with Crippen molar-refractivity contribution < 1.29 is 45.5 Å². The third-order valence-corrected chi connectivity index (χ3v) is 10.6. The number of carbonyl (C=O) groups is 4. The first-order valence-corrected chi connectivity index (χ1v) is 15.9. The Balaban J connectivity index is 1.33. The van der Waals surface area contributed by atoms with E-state index in [1.165, 1.54) is 17.0 Å². The van der Waals surface area contributed by atoms with E-state index in [1.54, 1.807) is 26.8 Å². The summed E-state index contributed by atoms with van der Waals surface area (Å²) < 4.78 is 74.0. The van der Waals surface area contributed by atoms with Gasteiger partial charge in [-0.25, -0.2) is 26.4 Å². The van der Waals surface area contributed by atoms with Gasteiger partial charge in [0.2, 0.25) is 28.3 Å². The minimum absolute atomic E-state index is 0.0363. The number of carbonyl (C=O) groups excluding carboxylic acids is 4. The van der Waals surface area contributed by atoms with Gasteiger partial charge in [0, 0.05) is 18.5 Å². The number of hydrogen-bond acceptors (Lipinski definition) is 8. The normalized spacial score (nSPS) is 27.1. The molecule has 0 radical (unpaired) electrons. The summed E-state index contributed by atoms with van der Waals surface area (Å²) in [6, 6.07) is 2.02. The largest absolute Gasteiger partial charge is 0.444 e. The molecule has 5 rings (SSSR count). The topological polar surface area (TPSA) is 168 Å². The van der Waals surface area contributed by atoms with Crippen molar-refractivity contribution in [3.8, 4) is 0 Å². The number of benzene rings is 1. The number of halogens is 3. The highest BCUT2D eigenvalue weighted by atomic mass is 32.2. The van der Waals surface area contributed by atoms with Crippen LogP contribution in [0.1, 0.15) is 57.6 Å². The first-order valence-electron chi connectivity index (χ1n) is 14.4. The lowest BCUT2D eigenvalue weighted by Crippen LogP contribution is -2.59.